The molecule has 0 N–H and O–H groups in total. The highest BCUT2D eigenvalue weighted by Crippen LogP contribution is 2.38. The number of methoxy groups -OCH3 is 2. The van der Waals surface area contributed by atoms with Crippen LogP contribution in [0.15, 0.2) is 46.4 Å². The number of nitrogens with zero attached hydrogens (tertiary/aromatic N) is 4. The molecule has 0 unspecified atom stereocenters. The van der Waals surface area contributed by atoms with Crippen LogP contribution in [0.1, 0.15) is 16.7 Å². The van der Waals surface area contributed by atoms with Gasteiger partial charge >= 0.3 is 0 Å². The fourth-order valence-corrected chi connectivity index (χ4v) is 5.46. The number of thioether (sulfide) groups is 1. The van der Waals surface area contributed by atoms with Crippen LogP contribution < -0.4 is 9.47 Å². The molecule has 0 spiro atoms. The number of fused-ring (bicyclic) bond motifs is 2. The standard InChI is InChI=1S/C27H32N4O3S/c1-18-5-6-20-15-21-17-31(10-9-30-11-13-34-14-12-30)27(35-26(21)29-25(20)19(18)2)28-23-8-7-22(32-3)16-24(23)33-4/h5-8,15-16H,9-14,17H2,1-4H3. The van der Waals surface area contributed by atoms with Crippen LogP contribution >= 0.6 is 11.8 Å². The minimum absolute atomic E-state index is 0.689. The van der Waals surface area contributed by atoms with Crippen LogP contribution in [0.5, 0.6) is 11.5 Å². The first-order chi connectivity index (χ1) is 17.1. The lowest BCUT2D eigenvalue weighted by Crippen LogP contribution is -2.43. The van der Waals surface area contributed by atoms with Gasteiger partial charge in [-0.2, -0.15) is 0 Å². The number of benzene rings is 2. The van der Waals surface area contributed by atoms with Crippen LogP contribution in [0.3, 0.4) is 0 Å². The number of hydrogen-bond acceptors (Lipinski definition) is 7. The molecule has 0 atom stereocenters. The van der Waals surface area contributed by atoms with E-state index in [0.717, 1.165) is 73.1 Å². The van der Waals surface area contributed by atoms with Crippen molar-refractivity contribution in [3.8, 4) is 11.5 Å². The molecule has 2 aromatic carbocycles. The summed E-state index contributed by atoms with van der Waals surface area (Å²) in [6.07, 6.45) is 0. The third kappa shape index (κ3) is 5.10. The number of amidine groups is 1. The molecule has 35 heavy (non-hydrogen) atoms. The van der Waals surface area contributed by atoms with Gasteiger partial charge in [0.2, 0.25) is 0 Å². The fraction of sp³-hybridized carbons (Fsp3) is 0.407. The molecule has 1 fully saturated rings. The van der Waals surface area contributed by atoms with Crippen molar-refractivity contribution in [1.29, 1.82) is 0 Å². The third-order valence-electron chi connectivity index (χ3n) is 6.76. The van der Waals surface area contributed by atoms with Crippen molar-refractivity contribution in [2.75, 3.05) is 53.6 Å². The maximum atomic E-state index is 5.62. The van der Waals surface area contributed by atoms with Crippen LogP contribution in [0, 0.1) is 13.8 Å². The van der Waals surface area contributed by atoms with Gasteiger partial charge in [0.1, 0.15) is 22.2 Å². The number of rotatable bonds is 6. The summed E-state index contributed by atoms with van der Waals surface area (Å²) in [5.41, 5.74) is 5.59. The number of morpholine rings is 1. The number of aryl methyl sites for hydroxylation is 2. The molecule has 7 nitrogen and oxygen atoms in total. The highest BCUT2D eigenvalue weighted by Gasteiger charge is 2.26. The van der Waals surface area contributed by atoms with Crippen molar-refractivity contribution in [1.82, 2.24) is 14.8 Å². The van der Waals surface area contributed by atoms with E-state index in [4.69, 9.17) is 24.2 Å². The Labute approximate surface area is 211 Å². The van der Waals surface area contributed by atoms with Crippen molar-refractivity contribution in [3.05, 3.63) is 53.1 Å². The molecule has 5 rings (SSSR count). The highest BCUT2D eigenvalue weighted by atomic mass is 32.2. The van der Waals surface area contributed by atoms with Gasteiger partial charge < -0.3 is 19.1 Å². The van der Waals surface area contributed by atoms with Crippen molar-refractivity contribution < 1.29 is 14.2 Å². The summed E-state index contributed by atoms with van der Waals surface area (Å²) < 4.78 is 16.5. The fourth-order valence-electron chi connectivity index (χ4n) is 4.47. The van der Waals surface area contributed by atoms with E-state index in [0.29, 0.717) is 5.75 Å². The molecule has 0 radical (unpaired) electrons. The minimum Gasteiger partial charge on any atom is -0.497 e. The second-order valence-electron chi connectivity index (χ2n) is 8.94. The Morgan fingerprint density at radius 1 is 1.03 bits per heavy atom. The van der Waals surface area contributed by atoms with Crippen molar-refractivity contribution in [3.63, 3.8) is 0 Å². The van der Waals surface area contributed by atoms with E-state index in [-0.39, 0.29) is 0 Å². The summed E-state index contributed by atoms with van der Waals surface area (Å²) in [5.74, 6) is 1.44. The average molecular weight is 493 g/mol. The lowest BCUT2D eigenvalue weighted by molar-refractivity contribution is 0.0358. The topological polar surface area (TPSA) is 59.4 Å². The summed E-state index contributed by atoms with van der Waals surface area (Å²) in [7, 11) is 3.32. The van der Waals surface area contributed by atoms with Gasteiger partial charge in [0.05, 0.1) is 33.0 Å². The van der Waals surface area contributed by atoms with Crippen LogP contribution in [0.2, 0.25) is 0 Å². The molecule has 0 amide bonds. The minimum atomic E-state index is 0.689. The molecule has 0 saturated carbocycles. The molecular formula is C27H32N4O3S. The Morgan fingerprint density at radius 3 is 2.63 bits per heavy atom. The second-order valence-corrected chi connectivity index (χ2v) is 9.90. The molecule has 2 aliphatic heterocycles. The maximum absolute atomic E-state index is 5.62. The predicted molar refractivity (Wildman–Crippen MR) is 141 cm³/mol. The Hall–Kier alpha value is -2.81. The molecule has 2 aliphatic rings. The zero-order chi connectivity index (χ0) is 24.4. The Balaban J connectivity index is 1.51. The lowest BCUT2D eigenvalue weighted by atomic mass is 10.0. The Kier molecular flexibility index (Phi) is 7.13. The van der Waals surface area contributed by atoms with Gasteiger partial charge in [-0.3, -0.25) is 4.90 Å². The van der Waals surface area contributed by atoms with E-state index in [1.54, 1.807) is 26.0 Å². The van der Waals surface area contributed by atoms with Gasteiger partial charge in [0.25, 0.3) is 0 Å². The summed E-state index contributed by atoms with van der Waals surface area (Å²) in [6, 6.07) is 12.4. The molecule has 0 aliphatic carbocycles. The molecule has 0 bridgehead atoms. The molecule has 3 heterocycles. The Morgan fingerprint density at radius 2 is 1.86 bits per heavy atom. The van der Waals surface area contributed by atoms with Crippen LogP contribution in [-0.4, -0.2) is 73.6 Å². The predicted octanol–water partition coefficient (Wildman–Crippen LogP) is 4.80. The van der Waals surface area contributed by atoms with Gasteiger partial charge in [-0.1, -0.05) is 12.1 Å². The number of aliphatic imine (C=N–C) groups is 1. The van der Waals surface area contributed by atoms with Crippen molar-refractivity contribution in [2.45, 2.75) is 25.4 Å². The van der Waals surface area contributed by atoms with E-state index < -0.39 is 0 Å². The molecular weight excluding hydrogens is 460 g/mol. The van der Waals surface area contributed by atoms with Crippen molar-refractivity contribution >= 4 is 33.5 Å². The smallest absolute Gasteiger partial charge is 0.171 e. The highest BCUT2D eigenvalue weighted by molar-refractivity contribution is 8.13. The number of aromatic nitrogens is 1. The lowest BCUT2D eigenvalue weighted by Gasteiger charge is -2.34. The third-order valence-corrected chi connectivity index (χ3v) is 7.84. The van der Waals surface area contributed by atoms with E-state index in [9.17, 15) is 0 Å². The second kappa shape index (κ2) is 10.4. The summed E-state index contributed by atoms with van der Waals surface area (Å²) >= 11 is 1.64. The number of hydrogen-bond donors (Lipinski definition) is 0. The zero-order valence-corrected chi connectivity index (χ0v) is 21.7. The maximum Gasteiger partial charge on any atom is 0.171 e. The van der Waals surface area contributed by atoms with Gasteiger partial charge in [0.15, 0.2) is 5.17 Å². The summed E-state index contributed by atoms with van der Waals surface area (Å²) in [6.45, 7) is 10.5. The first-order valence-corrected chi connectivity index (χ1v) is 12.8. The van der Waals surface area contributed by atoms with Gasteiger partial charge in [0, 0.05) is 49.7 Å². The monoisotopic (exact) mass is 492 g/mol. The van der Waals surface area contributed by atoms with E-state index in [1.807, 2.05) is 18.2 Å². The van der Waals surface area contributed by atoms with Gasteiger partial charge in [-0.15, -0.1) is 0 Å². The van der Waals surface area contributed by atoms with Gasteiger partial charge in [-0.05, 0) is 54.9 Å². The number of pyridine rings is 1. The molecule has 1 aromatic heterocycles. The van der Waals surface area contributed by atoms with Gasteiger partial charge in [-0.25, -0.2) is 9.98 Å². The number of ether oxygens (including phenoxy) is 3. The first kappa shape index (κ1) is 23.9. The molecule has 8 heteroatoms. The largest absolute Gasteiger partial charge is 0.497 e. The van der Waals surface area contributed by atoms with E-state index in [2.05, 4.69) is 41.8 Å². The quantitative estimate of drug-likeness (QED) is 0.490. The average Bonchev–Trinajstić information content (AvgIpc) is 2.89. The SMILES string of the molecule is COc1ccc(N=C2Sc3nc4c(C)c(C)ccc4cc3CN2CCN2CCOCC2)c(OC)c1. The summed E-state index contributed by atoms with van der Waals surface area (Å²) in [5, 5.41) is 3.16. The van der Waals surface area contributed by atoms with Crippen LogP contribution in [-0.2, 0) is 11.3 Å². The Bertz CT molecular complexity index is 1260. The molecule has 1 saturated heterocycles. The normalized spacial score (nSPS) is 17.6. The van der Waals surface area contributed by atoms with Crippen molar-refractivity contribution in [2.24, 2.45) is 4.99 Å². The van der Waals surface area contributed by atoms with Crippen LogP contribution in [0.25, 0.3) is 10.9 Å². The first-order valence-electron chi connectivity index (χ1n) is 12.0. The van der Waals surface area contributed by atoms with Crippen LogP contribution in [0.4, 0.5) is 5.69 Å². The molecule has 3 aromatic rings. The molecule has 184 valence electrons. The van der Waals surface area contributed by atoms with E-state index in [1.165, 1.54) is 22.1 Å². The summed E-state index contributed by atoms with van der Waals surface area (Å²) in [4.78, 5) is 15.0. The van der Waals surface area contributed by atoms with E-state index >= 15 is 0 Å². The zero-order valence-electron chi connectivity index (χ0n) is 20.8.